The molecule has 0 unspecified atom stereocenters. The van der Waals surface area contributed by atoms with Crippen molar-refractivity contribution in [2.75, 3.05) is 25.5 Å². The van der Waals surface area contributed by atoms with Crippen molar-refractivity contribution in [3.63, 3.8) is 0 Å². The summed E-state index contributed by atoms with van der Waals surface area (Å²) in [5, 5.41) is 13.2. The third-order valence-corrected chi connectivity index (χ3v) is 6.08. The van der Waals surface area contributed by atoms with E-state index in [0.717, 1.165) is 36.4 Å². The van der Waals surface area contributed by atoms with Crippen LogP contribution in [0.25, 0.3) is 0 Å². The number of sulfonamides is 1. The maximum absolute atomic E-state index is 13.1. The molecule has 0 bridgehead atoms. The number of carbonyl (C=O) groups is 1. The van der Waals surface area contributed by atoms with Crippen LogP contribution in [0.5, 0.6) is 5.75 Å². The highest BCUT2D eigenvalue weighted by Gasteiger charge is 2.34. The Morgan fingerprint density at radius 2 is 1.87 bits per heavy atom. The number of halogens is 3. The Morgan fingerprint density at radius 3 is 2.42 bits per heavy atom. The van der Waals surface area contributed by atoms with Crippen molar-refractivity contribution < 1.29 is 36.0 Å². The Morgan fingerprint density at radius 1 is 1.23 bits per heavy atom. The van der Waals surface area contributed by atoms with Crippen LogP contribution in [0, 0.1) is 10.1 Å². The quantitative estimate of drug-likeness (QED) is 0.476. The number of benzene rings is 2. The highest BCUT2D eigenvalue weighted by atomic mass is 32.2. The number of anilines is 1. The van der Waals surface area contributed by atoms with E-state index >= 15 is 0 Å². The number of nitro benzene ring substituents is 1. The Hall–Kier alpha value is -3.19. The molecule has 0 atom stereocenters. The number of carbonyl (C=O) groups excluding carboxylic acids is 1. The number of hydrogen-bond donors (Lipinski definition) is 1. The van der Waals surface area contributed by atoms with Crippen molar-refractivity contribution in [2.24, 2.45) is 0 Å². The van der Waals surface area contributed by atoms with E-state index < -0.39 is 55.4 Å². The second-order valence-corrected chi connectivity index (χ2v) is 8.05. The van der Waals surface area contributed by atoms with Crippen LogP contribution in [0.1, 0.15) is 12.5 Å². The summed E-state index contributed by atoms with van der Waals surface area (Å²) in [7, 11) is -3.19. The predicted octanol–water partition coefficient (Wildman–Crippen LogP) is 3.27. The monoisotopic (exact) mass is 461 g/mol. The molecule has 13 heteroatoms. The van der Waals surface area contributed by atoms with Crippen LogP contribution in [-0.4, -0.2) is 43.8 Å². The largest absolute Gasteiger partial charge is 0.490 e. The van der Waals surface area contributed by atoms with E-state index in [9.17, 15) is 36.5 Å². The van der Waals surface area contributed by atoms with Gasteiger partial charge in [0.2, 0.25) is 15.9 Å². The van der Waals surface area contributed by atoms with Crippen molar-refractivity contribution in [1.29, 1.82) is 0 Å². The fourth-order valence-electron chi connectivity index (χ4n) is 2.68. The maximum Gasteiger partial charge on any atom is 0.418 e. The van der Waals surface area contributed by atoms with Gasteiger partial charge in [0.15, 0.2) is 5.75 Å². The number of methoxy groups -OCH3 is 1. The first-order valence-electron chi connectivity index (χ1n) is 8.70. The summed E-state index contributed by atoms with van der Waals surface area (Å²) in [5.74, 6) is -1.17. The molecule has 1 N–H and O–H groups in total. The van der Waals surface area contributed by atoms with E-state index in [1.165, 1.54) is 20.1 Å². The van der Waals surface area contributed by atoms with Gasteiger partial charge < -0.3 is 10.1 Å². The zero-order valence-electron chi connectivity index (χ0n) is 16.3. The number of nitrogens with one attached hydrogen (secondary N) is 1. The molecule has 31 heavy (non-hydrogen) atoms. The van der Waals surface area contributed by atoms with E-state index in [2.05, 4.69) is 5.32 Å². The van der Waals surface area contributed by atoms with Gasteiger partial charge in [-0.1, -0.05) is 19.1 Å². The van der Waals surface area contributed by atoms with Gasteiger partial charge in [-0.15, -0.1) is 0 Å². The van der Waals surface area contributed by atoms with Crippen molar-refractivity contribution in [2.45, 2.75) is 18.0 Å². The lowest BCUT2D eigenvalue weighted by molar-refractivity contribution is -0.386. The lowest BCUT2D eigenvalue weighted by Crippen LogP contribution is -2.38. The summed E-state index contributed by atoms with van der Waals surface area (Å²) in [6.45, 7) is 0.397. The van der Waals surface area contributed by atoms with Gasteiger partial charge in [-0.2, -0.15) is 17.5 Å². The van der Waals surface area contributed by atoms with E-state index in [-0.39, 0.29) is 12.3 Å². The third kappa shape index (κ3) is 5.49. The average molecular weight is 461 g/mol. The summed E-state index contributed by atoms with van der Waals surface area (Å²) in [6, 6.07) is 7.21. The van der Waals surface area contributed by atoms with E-state index in [1.54, 1.807) is 0 Å². The molecule has 2 rings (SSSR count). The molecule has 0 aliphatic carbocycles. The molecule has 0 saturated heterocycles. The molecule has 0 spiro atoms. The molecule has 1 amide bonds. The summed E-state index contributed by atoms with van der Waals surface area (Å²) in [6.07, 6.45) is -4.72. The minimum Gasteiger partial charge on any atom is -0.490 e. The van der Waals surface area contributed by atoms with Gasteiger partial charge in [-0.25, -0.2) is 8.42 Å². The Kier molecular flexibility index (Phi) is 7.23. The van der Waals surface area contributed by atoms with Crippen molar-refractivity contribution in [3.8, 4) is 5.75 Å². The van der Waals surface area contributed by atoms with E-state index in [4.69, 9.17) is 4.74 Å². The molecule has 0 fully saturated rings. The van der Waals surface area contributed by atoms with Crippen LogP contribution < -0.4 is 10.1 Å². The maximum atomic E-state index is 13.1. The molecule has 0 aliphatic rings. The molecular weight excluding hydrogens is 443 g/mol. The van der Waals surface area contributed by atoms with Crippen molar-refractivity contribution in [1.82, 2.24) is 4.31 Å². The number of nitrogens with zero attached hydrogens (tertiary/aromatic N) is 2. The number of nitro groups is 1. The van der Waals surface area contributed by atoms with Gasteiger partial charge in [-0.3, -0.25) is 14.9 Å². The predicted molar refractivity (Wildman–Crippen MR) is 104 cm³/mol. The molecular formula is C18H18F3N3O6S. The number of likely N-dealkylation sites (N-methyl/N-ethyl adjacent to an activating group) is 1. The topological polar surface area (TPSA) is 119 Å². The number of hydrogen-bond acceptors (Lipinski definition) is 6. The minimum atomic E-state index is -4.72. The van der Waals surface area contributed by atoms with Crippen LogP contribution in [0.3, 0.4) is 0 Å². The molecule has 0 aromatic heterocycles. The van der Waals surface area contributed by atoms with Crippen LogP contribution in [0.4, 0.5) is 24.5 Å². The Bertz CT molecular complexity index is 1090. The average Bonchev–Trinajstić information content (AvgIpc) is 2.70. The smallest absolute Gasteiger partial charge is 0.418 e. The molecule has 0 saturated carbocycles. The van der Waals surface area contributed by atoms with Gasteiger partial charge in [0.1, 0.15) is 0 Å². The van der Waals surface area contributed by atoms with Crippen LogP contribution in [0.2, 0.25) is 0 Å². The second-order valence-electron chi connectivity index (χ2n) is 6.11. The SMILES string of the molecule is CCN(CC(=O)Nc1ccccc1C(F)(F)F)S(=O)(=O)c1ccc(OC)c([N+](=O)[O-])c1. The van der Waals surface area contributed by atoms with Gasteiger partial charge in [0, 0.05) is 12.6 Å². The molecule has 0 aliphatic heterocycles. The highest BCUT2D eigenvalue weighted by Crippen LogP contribution is 2.34. The van der Waals surface area contributed by atoms with Crippen LogP contribution in [-0.2, 0) is 21.0 Å². The van der Waals surface area contributed by atoms with E-state index in [0.29, 0.717) is 4.31 Å². The molecule has 2 aromatic carbocycles. The lowest BCUT2D eigenvalue weighted by atomic mass is 10.1. The normalized spacial score (nSPS) is 11.9. The number of amides is 1. The number of para-hydroxylation sites is 1. The summed E-state index contributed by atoms with van der Waals surface area (Å²) in [4.78, 5) is 22.2. The van der Waals surface area contributed by atoms with E-state index in [1.807, 2.05) is 0 Å². The zero-order chi connectivity index (χ0) is 23.4. The third-order valence-electron chi connectivity index (χ3n) is 4.16. The summed E-state index contributed by atoms with van der Waals surface area (Å²) in [5.41, 5.74) is -2.20. The summed E-state index contributed by atoms with van der Waals surface area (Å²) < 4.78 is 70.5. The van der Waals surface area contributed by atoms with Crippen LogP contribution >= 0.6 is 0 Å². The summed E-state index contributed by atoms with van der Waals surface area (Å²) >= 11 is 0. The Labute approximate surface area is 175 Å². The lowest BCUT2D eigenvalue weighted by Gasteiger charge is -2.21. The zero-order valence-corrected chi connectivity index (χ0v) is 17.2. The number of rotatable bonds is 8. The number of ether oxygens (including phenoxy) is 1. The van der Waals surface area contributed by atoms with Gasteiger partial charge in [0.05, 0.1) is 34.7 Å². The fraction of sp³-hybridized carbons (Fsp3) is 0.278. The molecule has 9 nitrogen and oxygen atoms in total. The first-order chi connectivity index (χ1) is 14.4. The minimum absolute atomic E-state index is 0.159. The highest BCUT2D eigenvalue weighted by molar-refractivity contribution is 7.89. The fourth-order valence-corrected chi connectivity index (χ4v) is 4.10. The van der Waals surface area contributed by atoms with Crippen molar-refractivity contribution >= 4 is 27.3 Å². The second kappa shape index (κ2) is 9.31. The van der Waals surface area contributed by atoms with Gasteiger partial charge in [0.25, 0.3) is 0 Å². The molecule has 2 aromatic rings. The van der Waals surface area contributed by atoms with Crippen molar-refractivity contribution in [3.05, 3.63) is 58.1 Å². The molecule has 168 valence electrons. The van der Waals surface area contributed by atoms with Gasteiger partial charge in [-0.05, 0) is 24.3 Å². The first kappa shape index (κ1) is 24.1. The molecule has 0 radical (unpaired) electrons. The number of alkyl halides is 3. The molecule has 0 heterocycles. The van der Waals surface area contributed by atoms with Crippen LogP contribution in [0.15, 0.2) is 47.4 Å². The first-order valence-corrected chi connectivity index (χ1v) is 10.1. The van der Waals surface area contributed by atoms with Gasteiger partial charge >= 0.3 is 11.9 Å². The standard InChI is InChI=1S/C18H18F3N3O6S/c1-3-23(11-17(25)22-14-7-5-4-6-13(14)18(19,20)21)31(28,29)12-8-9-16(30-2)15(10-12)24(26)27/h4-10H,3,11H2,1-2H3,(H,22,25). The Balaban J connectivity index is 2.30.